The van der Waals surface area contributed by atoms with Gasteiger partial charge in [0.2, 0.25) is 5.91 Å². The minimum absolute atomic E-state index is 0.130. The summed E-state index contributed by atoms with van der Waals surface area (Å²) in [6, 6.07) is 2.77. The Morgan fingerprint density at radius 1 is 1.35 bits per heavy atom. The predicted molar refractivity (Wildman–Crippen MR) is 60.3 cm³/mol. The second-order valence-corrected chi connectivity index (χ2v) is 4.31. The molecule has 5 heteroatoms. The van der Waals surface area contributed by atoms with E-state index in [9.17, 15) is 13.6 Å². The number of hydrogen-bond donors (Lipinski definition) is 2. The normalized spacial score (nSPS) is 23.7. The monoisotopic (exact) mass is 240 g/mol. The van der Waals surface area contributed by atoms with Crippen molar-refractivity contribution < 1.29 is 13.6 Å². The third-order valence-corrected chi connectivity index (χ3v) is 3.09. The van der Waals surface area contributed by atoms with Gasteiger partial charge in [-0.15, -0.1) is 0 Å². The third kappa shape index (κ3) is 2.61. The first-order valence-corrected chi connectivity index (χ1v) is 5.59. The van der Waals surface area contributed by atoms with E-state index in [2.05, 4.69) is 5.32 Å². The van der Waals surface area contributed by atoms with Gasteiger partial charge < -0.3 is 11.1 Å². The van der Waals surface area contributed by atoms with Gasteiger partial charge >= 0.3 is 0 Å². The molecule has 1 aliphatic rings. The van der Waals surface area contributed by atoms with Crippen LogP contribution in [0, 0.1) is 17.6 Å². The molecule has 1 aromatic carbocycles. The number of hydrogen-bond acceptors (Lipinski definition) is 2. The van der Waals surface area contributed by atoms with Crippen LogP contribution >= 0.6 is 0 Å². The van der Waals surface area contributed by atoms with E-state index in [0.29, 0.717) is 6.42 Å². The lowest BCUT2D eigenvalue weighted by atomic mass is 10.0. The summed E-state index contributed by atoms with van der Waals surface area (Å²) in [4.78, 5) is 11.8. The Balaban J connectivity index is 2.10. The molecule has 1 aliphatic carbocycles. The highest BCUT2D eigenvalue weighted by molar-refractivity contribution is 5.93. The van der Waals surface area contributed by atoms with Gasteiger partial charge in [0.15, 0.2) is 0 Å². The number of rotatable bonds is 2. The lowest BCUT2D eigenvalue weighted by molar-refractivity contribution is -0.120. The summed E-state index contributed by atoms with van der Waals surface area (Å²) in [6.45, 7) is 0. The Bertz CT molecular complexity index is 437. The van der Waals surface area contributed by atoms with Gasteiger partial charge in [0.05, 0.1) is 11.6 Å². The molecule has 0 aliphatic heterocycles. The highest BCUT2D eigenvalue weighted by Crippen LogP contribution is 2.26. The van der Waals surface area contributed by atoms with Crippen molar-refractivity contribution in [3.8, 4) is 0 Å². The maximum atomic E-state index is 13.3. The molecule has 17 heavy (non-hydrogen) atoms. The number of benzene rings is 1. The molecule has 92 valence electrons. The Kier molecular flexibility index (Phi) is 3.38. The largest absolute Gasteiger partial charge is 0.327 e. The van der Waals surface area contributed by atoms with Crippen LogP contribution in [0.3, 0.4) is 0 Å². The summed E-state index contributed by atoms with van der Waals surface area (Å²) in [6.07, 6.45) is 2.39. The fourth-order valence-electron chi connectivity index (χ4n) is 2.13. The lowest BCUT2D eigenvalue weighted by Crippen LogP contribution is -2.34. The molecule has 0 radical (unpaired) electrons. The van der Waals surface area contributed by atoms with Crippen LogP contribution in [0.5, 0.6) is 0 Å². The molecule has 1 amide bonds. The van der Waals surface area contributed by atoms with E-state index in [1.165, 1.54) is 0 Å². The number of halogens is 2. The van der Waals surface area contributed by atoms with Gasteiger partial charge in [0, 0.05) is 12.1 Å². The SMILES string of the molecule is NC1CCCC1C(=O)Nc1cc(F)ccc1F. The van der Waals surface area contributed by atoms with Crippen LogP contribution in [0.2, 0.25) is 0 Å². The first kappa shape index (κ1) is 12.0. The highest BCUT2D eigenvalue weighted by atomic mass is 19.1. The van der Waals surface area contributed by atoms with E-state index in [4.69, 9.17) is 5.73 Å². The van der Waals surface area contributed by atoms with Crippen LogP contribution in [0.1, 0.15) is 19.3 Å². The number of amides is 1. The van der Waals surface area contributed by atoms with E-state index in [0.717, 1.165) is 31.0 Å². The molecule has 2 unspecified atom stereocenters. The molecule has 0 spiro atoms. The fraction of sp³-hybridized carbons (Fsp3) is 0.417. The molecule has 3 nitrogen and oxygen atoms in total. The minimum atomic E-state index is -0.647. The van der Waals surface area contributed by atoms with Crippen LogP contribution in [0.15, 0.2) is 18.2 Å². The molecule has 3 N–H and O–H groups in total. The van der Waals surface area contributed by atoms with Crippen LogP contribution < -0.4 is 11.1 Å². The summed E-state index contributed by atoms with van der Waals surface area (Å²) in [5, 5.41) is 2.39. The Labute approximate surface area is 98.0 Å². The van der Waals surface area contributed by atoms with Crippen LogP contribution in [-0.2, 0) is 4.79 Å². The molecule has 1 aromatic rings. The molecular weight excluding hydrogens is 226 g/mol. The second-order valence-electron chi connectivity index (χ2n) is 4.31. The molecule has 0 bridgehead atoms. The zero-order valence-corrected chi connectivity index (χ0v) is 9.25. The predicted octanol–water partition coefficient (Wildman–Crippen LogP) is 2.03. The van der Waals surface area contributed by atoms with E-state index in [-0.39, 0.29) is 23.6 Å². The quantitative estimate of drug-likeness (QED) is 0.831. The Morgan fingerprint density at radius 2 is 2.12 bits per heavy atom. The van der Waals surface area contributed by atoms with Gasteiger partial charge in [-0.2, -0.15) is 0 Å². The first-order chi connectivity index (χ1) is 8.08. The summed E-state index contributed by atoms with van der Waals surface area (Å²) >= 11 is 0. The van der Waals surface area contributed by atoms with Crippen LogP contribution in [0.25, 0.3) is 0 Å². The average molecular weight is 240 g/mol. The highest BCUT2D eigenvalue weighted by Gasteiger charge is 2.30. The van der Waals surface area contributed by atoms with Crippen molar-refractivity contribution in [1.82, 2.24) is 0 Å². The van der Waals surface area contributed by atoms with Gasteiger partial charge in [0.1, 0.15) is 11.6 Å². The molecule has 0 heterocycles. The summed E-state index contributed by atoms with van der Waals surface area (Å²) in [5.41, 5.74) is 5.64. The summed E-state index contributed by atoms with van der Waals surface area (Å²) in [7, 11) is 0. The van der Waals surface area contributed by atoms with Gasteiger partial charge in [-0.25, -0.2) is 8.78 Å². The van der Waals surface area contributed by atoms with Crippen molar-refractivity contribution >= 4 is 11.6 Å². The van der Waals surface area contributed by atoms with E-state index >= 15 is 0 Å². The third-order valence-electron chi connectivity index (χ3n) is 3.09. The second kappa shape index (κ2) is 4.79. The van der Waals surface area contributed by atoms with Gasteiger partial charge in [-0.3, -0.25) is 4.79 Å². The van der Waals surface area contributed by atoms with Crippen molar-refractivity contribution in [1.29, 1.82) is 0 Å². The smallest absolute Gasteiger partial charge is 0.229 e. The molecule has 1 fully saturated rings. The maximum Gasteiger partial charge on any atom is 0.229 e. The molecule has 0 saturated heterocycles. The topological polar surface area (TPSA) is 55.1 Å². The summed E-state index contributed by atoms with van der Waals surface area (Å²) in [5.74, 6) is -1.87. The number of nitrogens with one attached hydrogen (secondary N) is 1. The number of nitrogens with two attached hydrogens (primary N) is 1. The zero-order valence-electron chi connectivity index (χ0n) is 9.25. The standard InChI is InChI=1S/C12H14F2N2O/c13-7-4-5-9(14)11(6-7)16-12(17)8-2-1-3-10(8)15/h4-6,8,10H,1-3,15H2,(H,16,17). The number of anilines is 1. The molecule has 1 saturated carbocycles. The van der Waals surface area contributed by atoms with E-state index < -0.39 is 11.6 Å². The molecule has 0 aromatic heterocycles. The van der Waals surface area contributed by atoms with Gasteiger partial charge in [-0.1, -0.05) is 6.42 Å². The van der Waals surface area contributed by atoms with E-state index in [1.54, 1.807) is 0 Å². The van der Waals surface area contributed by atoms with Crippen LogP contribution in [0.4, 0.5) is 14.5 Å². The summed E-state index contributed by atoms with van der Waals surface area (Å²) < 4.78 is 26.2. The van der Waals surface area contributed by atoms with Crippen LogP contribution in [-0.4, -0.2) is 11.9 Å². The number of carbonyl (C=O) groups excluding carboxylic acids is 1. The number of carbonyl (C=O) groups is 1. The first-order valence-electron chi connectivity index (χ1n) is 5.59. The Morgan fingerprint density at radius 3 is 2.76 bits per heavy atom. The van der Waals surface area contributed by atoms with Crippen molar-refractivity contribution in [3.63, 3.8) is 0 Å². The van der Waals surface area contributed by atoms with Crippen molar-refractivity contribution in [3.05, 3.63) is 29.8 Å². The van der Waals surface area contributed by atoms with Crippen molar-refractivity contribution in [2.24, 2.45) is 11.7 Å². The maximum absolute atomic E-state index is 13.3. The molecule has 2 rings (SSSR count). The molecular formula is C12H14F2N2O. The van der Waals surface area contributed by atoms with Gasteiger partial charge in [0.25, 0.3) is 0 Å². The lowest BCUT2D eigenvalue weighted by Gasteiger charge is -2.15. The van der Waals surface area contributed by atoms with Crippen molar-refractivity contribution in [2.45, 2.75) is 25.3 Å². The average Bonchev–Trinajstić information content (AvgIpc) is 2.70. The Hall–Kier alpha value is -1.49. The molecule has 2 atom stereocenters. The van der Waals surface area contributed by atoms with Gasteiger partial charge in [-0.05, 0) is 25.0 Å². The van der Waals surface area contributed by atoms with Crippen molar-refractivity contribution in [2.75, 3.05) is 5.32 Å². The minimum Gasteiger partial charge on any atom is -0.327 e. The van der Waals surface area contributed by atoms with E-state index in [1.807, 2.05) is 0 Å². The fourth-order valence-corrected chi connectivity index (χ4v) is 2.13. The zero-order chi connectivity index (χ0) is 12.4.